The van der Waals surface area contributed by atoms with Crippen LogP contribution in [0, 0.1) is 5.92 Å². The maximum Gasteiger partial charge on any atom is 0.224 e. The van der Waals surface area contributed by atoms with Gasteiger partial charge >= 0.3 is 0 Å². The molecule has 1 saturated heterocycles. The van der Waals surface area contributed by atoms with E-state index in [1.165, 1.54) is 7.11 Å². The first-order valence-electron chi connectivity index (χ1n) is 12.3. The SMILES string of the molecule is COC[C@H](NC(=O)[C@H](CC(N)=O)CC(=O)CN1CCOCC1)C(=O)CCc1cccc2ccccc12. The first kappa shape index (κ1) is 27.4. The number of carbonyl (C=O) groups is 4. The quantitative estimate of drug-likeness (QED) is 0.402. The van der Waals surface area contributed by atoms with Crippen LogP contribution in [0.15, 0.2) is 42.5 Å². The summed E-state index contributed by atoms with van der Waals surface area (Å²) in [5, 5.41) is 4.88. The number of morpholine rings is 1. The highest BCUT2D eigenvalue weighted by Gasteiger charge is 2.29. The van der Waals surface area contributed by atoms with E-state index in [9.17, 15) is 19.2 Å². The van der Waals surface area contributed by atoms with Gasteiger partial charge in [0.2, 0.25) is 11.8 Å². The number of ether oxygens (including phenoxy) is 2. The van der Waals surface area contributed by atoms with Crippen molar-refractivity contribution in [2.45, 2.75) is 31.7 Å². The van der Waals surface area contributed by atoms with Gasteiger partial charge in [0, 0.05) is 39.5 Å². The lowest BCUT2D eigenvalue weighted by molar-refractivity contribution is -0.135. The summed E-state index contributed by atoms with van der Waals surface area (Å²) < 4.78 is 10.5. The lowest BCUT2D eigenvalue weighted by atomic mass is 9.95. The normalized spacial score (nSPS) is 15.8. The molecule has 2 aromatic carbocycles. The molecule has 1 aliphatic heterocycles. The first-order valence-corrected chi connectivity index (χ1v) is 12.3. The Morgan fingerprint density at radius 1 is 1.06 bits per heavy atom. The van der Waals surface area contributed by atoms with Gasteiger partial charge in [0.05, 0.1) is 32.3 Å². The van der Waals surface area contributed by atoms with E-state index in [4.69, 9.17) is 15.2 Å². The van der Waals surface area contributed by atoms with E-state index >= 15 is 0 Å². The number of Topliss-reactive ketones (excluding diaryl/α,β-unsaturated/α-hetero) is 2. The second kappa shape index (κ2) is 13.8. The number of nitrogens with two attached hydrogens (primary N) is 1. The molecule has 0 saturated carbocycles. The summed E-state index contributed by atoms with van der Waals surface area (Å²) in [5.41, 5.74) is 6.39. The Morgan fingerprint density at radius 3 is 2.50 bits per heavy atom. The van der Waals surface area contributed by atoms with Crippen LogP contribution in [-0.2, 0) is 35.1 Å². The molecule has 2 atom stereocenters. The number of carbonyl (C=O) groups excluding carboxylic acids is 4. The molecule has 3 N–H and O–H groups in total. The molecule has 0 spiro atoms. The van der Waals surface area contributed by atoms with Gasteiger partial charge < -0.3 is 20.5 Å². The van der Waals surface area contributed by atoms with Crippen LogP contribution in [-0.4, -0.2) is 80.9 Å². The minimum absolute atomic E-state index is 0.00880. The highest BCUT2D eigenvalue weighted by atomic mass is 16.5. The van der Waals surface area contributed by atoms with Crippen molar-refractivity contribution < 1.29 is 28.7 Å². The molecule has 0 unspecified atom stereocenters. The van der Waals surface area contributed by atoms with Gasteiger partial charge in [-0.15, -0.1) is 0 Å². The number of nitrogens with one attached hydrogen (secondary N) is 1. The van der Waals surface area contributed by atoms with E-state index in [0.29, 0.717) is 32.7 Å². The third-order valence-corrected chi connectivity index (χ3v) is 6.36. The maximum atomic E-state index is 13.0. The summed E-state index contributed by atoms with van der Waals surface area (Å²) >= 11 is 0. The molecule has 0 bridgehead atoms. The van der Waals surface area contributed by atoms with Crippen LogP contribution in [0.1, 0.15) is 24.8 Å². The average Bonchev–Trinajstić information content (AvgIpc) is 2.86. The molecule has 1 fully saturated rings. The zero-order valence-electron chi connectivity index (χ0n) is 20.7. The monoisotopic (exact) mass is 497 g/mol. The van der Waals surface area contributed by atoms with Crippen LogP contribution in [0.3, 0.4) is 0 Å². The molecule has 1 aliphatic rings. The fourth-order valence-corrected chi connectivity index (χ4v) is 4.46. The Hall–Kier alpha value is -3.14. The Kier molecular flexibility index (Phi) is 10.5. The number of hydrogen-bond acceptors (Lipinski definition) is 7. The molecule has 36 heavy (non-hydrogen) atoms. The molecule has 3 rings (SSSR count). The standard InChI is InChI=1S/C27H35N3O6/c1-35-18-24(25(32)10-9-20-7-4-6-19-5-2-3-8-23(19)20)29-27(34)21(16-26(28)33)15-22(31)17-30-11-13-36-14-12-30/h2-8,21,24H,9-18H2,1H3,(H2,28,33)(H,29,34)/t21-,24-/m0/s1. The topological polar surface area (TPSA) is 128 Å². The van der Waals surface area contributed by atoms with Gasteiger partial charge in [-0.3, -0.25) is 24.1 Å². The predicted molar refractivity (Wildman–Crippen MR) is 135 cm³/mol. The van der Waals surface area contributed by atoms with Gasteiger partial charge in [0.1, 0.15) is 11.8 Å². The van der Waals surface area contributed by atoms with Crippen molar-refractivity contribution in [1.29, 1.82) is 0 Å². The second-order valence-corrected chi connectivity index (χ2v) is 9.12. The molecule has 2 amide bonds. The van der Waals surface area contributed by atoms with Crippen LogP contribution in [0.4, 0.5) is 0 Å². The van der Waals surface area contributed by atoms with Gasteiger partial charge in [-0.1, -0.05) is 42.5 Å². The number of aryl methyl sites for hydroxylation is 1. The molecule has 1 heterocycles. The van der Waals surface area contributed by atoms with Crippen molar-refractivity contribution in [1.82, 2.24) is 10.2 Å². The van der Waals surface area contributed by atoms with Crippen LogP contribution in [0.25, 0.3) is 10.8 Å². The van der Waals surface area contributed by atoms with Gasteiger partial charge in [-0.2, -0.15) is 0 Å². The highest BCUT2D eigenvalue weighted by molar-refractivity contribution is 5.94. The summed E-state index contributed by atoms with van der Waals surface area (Å²) in [6.07, 6.45) is 0.318. The third-order valence-electron chi connectivity index (χ3n) is 6.36. The van der Waals surface area contributed by atoms with Crippen LogP contribution < -0.4 is 11.1 Å². The number of fused-ring (bicyclic) bond motifs is 1. The largest absolute Gasteiger partial charge is 0.382 e. The summed E-state index contributed by atoms with van der Waals surface area (Å²) in [6.45, 7) is 2.55. The fraction of sp³-hybridized carbons (Fsp3) is 0.481. The predicted octanol–water partition coefficient (Wildman–Crippen LogP) is 1.26. The summed E-state index contributed by atoms with van der Waals surface area (Å²) in [4.78, 5) is 52.2. The van der Waals surface area contributed by atoms with Crippen LogP contribution in [0.2, 0.25) is 0 Å². The molecule has 2 aromatic rings. The molecular formula is C27H35N3O6. The molecule has 9 nitrogen and oxygen atoms in total. The van der Waals surface area contributed by atoms with Crippen molar-refractivity contribution in [2.24, 2.45) is 11.7 Å². The Balaban J connectivity index is 1.61. The van der Waals surface area contributed by atoms with Crippen molar-refractivity contribution in [3.8, 4) is 0 Å². The highest BCUT2D eigenvalue weighted by Crippen LogP contribution is 2.20. The average molecular weight is 498 g/mol. The van der Waals surface area contributed by atoms with Crippen molar-refractivity contribution in [3.63, 3.8) is 0 Å². The van der Waals surface area contributed by atoms with E-state index < -0.39 is 23.8 Å². The maximum absolute atomic E-state index is 13.0. The lowest BCUT2D eigenvalue weighted by Crippen LogP contribution is -2.47. The lowest BCUT2D eigenvalue weighted by Gasteiger charge is -2.26. The van der Waals surface area contributed by atoms with Crippen LogP contribution in [0.5, 0.6) is 0 Å². The zero-order chi connectivity index (χ0) is 25.9. The Bertz CT molecular complexity index is 1060. The summed E-state index contributed by atoms with van der Waals surface area (Å²) in [7, 11) is 1.45. The summed E-state index contributed by atoms with van der Waals surface area (Å²) in [6, 6.07) is 13.0. The number of rotatable bonds is 14. The zero-order valence-corrected chi connectivity index (χ0v) is 20.7. The van der Waals surface area contributed by atoms with E-state index in [2.05, 4.69) is 5.32 Å². The minimum atomic E-state index is -0.943. The number of methoxy groups -OCH3 is 1. The third kappa shape index (κ3) is 8.22. The molecular weight excluding hydrogens is 462 g/mol. The van der Waals surface area contributed by atoms with Gasteiger partial charge in [0.25, 0.3) is 0 Å². The van der Waals surface area contributed by atoms with E-state index in [0.717, 1.165) is 16.3 Å². The Labute approximate surface area is 211 Å². The van der Waals surface area contributed by atoms with E-state index in [-0.39, 0.29) is 44.0 Å². The van der Waals surface area contributed by atoms with Gasteiger partial charge in [0.15, 0.2) is 5.78 Å². The first-order chi connectivity index (χ1) is 17.4. The van der Waals surface area contributed by atoms with Gasteiger partial charge in [-0.25, -0.2) is 0 Å². The number of primary amides is 1. The number of amides is 2. The second-order valence-electron chi connectivity index (χ2n) is 9.12. The molecule has 0 radical (unpaired) electrons. The van der Waals surface area contributed by atoms with Crippen molar-refractivity contribution >= 4 is 34.2 Å². The fourth-order valence-electron chi connectivity index (χ4n) is 4.46. The summed E-state index contributed by atoms with van der Waals surface area (Å²) in [5.74, 6) is -2.52. The Morgan fingerprint density at radius 2 is 1.78 bits per heavy atom. The molecule has 0 aliphatic carbocycles. The van der Waals surface area contributed by atoms with Crippen molar-refractivity contribution in [3.05, 3.63) is 48.0 Å². The van der Waals surface area contributed by atoms with Crippen molar-refractivity contribution in [2.75, 3.05) is 46.6 Å². The number of hydrogen-bond donors (Lipinski definition) is 2. The number of benzene rings is 2. The van der Waals surface area contributed by atoms with Gasteiger partial charge in [-0.05, 0) is 22.8 Å². The molecule has 9 heteroatoms. The molecule has 0 aromatic heterocycles. The number of ketones is 2. The smallest absolute Gasteiger partial charge is 0.224 e. The van der Waals surface area contributed by atoms with E-state index in [1.54, 1.807) is 0 Å². The van der Waals surface area contributed by atoms with E-state index in [1.807, 2.05) is 47.4 Å². The minimum Gasteiger partial charge on any atom is -0.382 e. The van der Waals surface area contributed by atoms with Crippen LogP contribution >= 0.6 is 0 Å². The molecule has 194 valence electrons. The number of nitrogens with zero attached hydrogens (tertiary/aromatic N) is 1.